The molecule has 9 heteroatoms. The molecule has 36 heavy (non-hydrogen) atoms. The van der Waals surface area contributed by atoms with Crippen molar-refractivity contribution < 1.29 is 0 Å². The summed E-state index contributed by atoms with van der Waals surface area (Å²) in [7, 11) is 0. The van der Waals surface area contributed by atoms with Gasteiger partial charge in [-0.1, -0.05) is 18.7 Å². The van der Waals surface area contributed by atoms with Crippen LogP contribution in [0, 0.1) is 0 Å². The Morgan fingerprint density at radius 3 is 2.78 bits per heavy atom. The van der Waals surface area contributed by atoms with Crippen LogP contribution in [0.25, 0.3) is 51.1 Å². The number of allylic oxidation sites excluding steroid dienone is 1. The zero-order valence-corrected chi connectivity index (χ0v) is 19.8. The van der Waals surface area contributed by atoms with Crippen LogP contribution in [0.5, 0.6) is 0 Å². The second-order valence-electron chi connectivity index (χ2n) is 8.86. The summed E-state index contributed by atoms with van der Waals surface area (Å²) in [6, 6.07) is 6.24. The predicted octanol–water partition coefficient (Wildman–Crippen LogP) is 2.25. The average molecular weight is 476 g/mol. The first-order valence-electron chi connectivity index (χ1n) is 11.7. The van der Waals surface area contributed by atoms with Gasteiger partial charge in [0.15, 0.2) is 0 Å². The third-order valence-corrected chi connectivity index (χ3v) is 6.40. The number of fused-ring (bicyclic) bond motifs is 1. The van der Waals surface area contributed by atoms with Gasteiger partial charge in [0, 0.05) is 59.5 Å². The molecule has 1 aliphatic heterocycles. The van der Waals surface area contributed by atoms with E-state index in [-0.39, 0.29) is 6.04 Å². The highest BCUT2D eigenvalue weighted by molar-refractivity contribution is 5.97. The maximum absolute atomic E-state index is 5.93. The molecule has 0 aromatic carbocycles. The van der Waals surface area contributed by atoms with Crippen LogP contribution in [0.3, 0.4) is 0 Å². The van der Waals surface area contributed by atoms with Crippen molar-refractivity contribution in [3.8, 4) is 22.5 Å². The van der Waals surface area contributed by atoms with E-state index in [1.165, 1.54) is 0 Å². The van der Waals surface area contributed by atoms with Gasteiger partial charge in [-0.05, 0) is 30.7 Å². The number of pyridine rings is 2. The largest absolute Gasteiger partial charge is 0.352 e. The molecule has 0 atom stereocenters. The molecule has 178 valence electrons. The number of rotatable bonds is 5. The Morgan fingerprint density at radius 1 is 1.14 bits per heavy atom. The first kappa shape index (κ1) is 21.9. The van der Waals surface area contributed by atoms with Crippen molar-refractivity contribution in [2.75, 3.05) is 18.0 Å². The molecule has 1 aliphatic rings. The van der Waals surface area contributed by atoms with Crippen LogP contribution in [-0.4, -0.2) is 54.2 Å². The molecular weight excluding hydrogens is 450 g/mol. The van der Waals surface area contributed by atoms with Gasteiger partial charge in [-0.2, -0.15) is 5.10 Å². The van der Waals surface area contributed by atoms with Crippen molar-refractivity contribution in [2.45, 2.75) is 13.0 Å². The standard InChI is InChI=1S/C27H25N9/c1-3-22-20(7-16(2)24-11-31-13-26(33-24)36-14-18(28)15-36)27(35-34-22)23-8-19-21(10-30-12-25(19)32-23)17-5-4-6-29-9-17/h3-13,18,32,34H,2,14-15,28H2,1H3/b20-7+,22-3+. The Morgan fingerprint density at radius 2 is 2.00 bits per heavy atom. The zero-order valence-electron chi connectivity index (χ0n) is 19.8. The van der Waals surface area contributed by atoms with Gasteiger partial charge < -0.3 is 15.6 Å². The van der Waals surface area contributed by atoms with Gasteiger partial charge in [0.1, 0.15) is 11.5 Å². The van der Waals surface area contributed by atoms with Gasteiger partial charge in [0.05, 0.1) is 40.8 Å². The number of nitrogens with one attached hydrogen (secondary N) is 2. The number of nitrogens with two attached hydrogens (primary N) is 1. The van der Waals surface area contributed by atoms with Crippen molar-refractivity contribution in [1.82, 2.24) is 35.1 Å². The average Bonchev–Trinajstić information content (AvgIpc) is 3.51. The molecule has 5 aromatic rings. The van der Waals surface area contributed by atoms with Crippen LogP contribution in [0.2, 0.25) is 0 Å². The molecule has 0 aliphatic carbocycles. The maximum Gasteiger partial charge on any atom is 0.147 e. The summed E-state index contributed by atoms with van der Waals surface area (Å²) >= 11 is 0. The Labute approximate surface area is 207 Å². The smallest absolute Gasteiger partial charge is 0.147 e. The van der Waals surface area contributed by atoms with Gasteiger partial charge in [0.2, 0.25) is 0 Å². The molecule has 1 saturated heterocycles. The highest BCUT2D eigenvalue weighted by Gasteiger charge is 2.24. The van der Waals surface area contributed by atoms with Crippen LogP contribution >= 0.6 is 0 Å². The van der Waals surface area contributed by atoms with E-state index in [1.54, 1.807) is 18.6 Å². The maximum atomic E-state index is 5.93. The lowest BCUT2D eigenvalue weighted by Crippen LogP contribution is -2.56. The van der Waals surface area contributed by atoms with Gasteiger partial charge in [-0.25, -0.2) is 4.98 Å². The van der Waals surface area contributed by atoms with Gasteiger partial charge in [0.25, 0.3) is 0 Å². The van der Waals surface area contributed by atoms with Crippen molar-refractivity contribution in [1.29, 1.82) is 0 Å². The minimum Gasteiger partial charge on any atom is -0.352 e. The summed E-state index contributed by atoms with van der Waals surface area (Å²) in [6.07, 6.45) is 14.8. The van der Waals surface area contributed by atoms with Gasteiger partial charge >= 0.3 is 0 Å². The minimum absolute atomic E-state index is 0.187. The van der Waals surface area contributed by atoms with E-state index in [4.69, 9.17) is 10.7 Å². The van der Waals surface area contributed by atoms with E-state index in [0.29, 0.717) is 5.69 Å². The van der Waals surface area contributed by atoms with Gasteiger partial charge in [-0.15, -0.1) is 0 Å². The lowest BCUT2D eigenvalue weighted by molar-refractivity contribution is 0.513. The number of aromatic nitrogens is 7. The fourth-order valence-corrected chi connectivity index (χ4v) is 4.48. The first-order chi connectivity index (χ1) is 17.6. The Kier molecular flexibility index (Phi) is 5.38. The van der Waals surface area contributed by atoms with E-state index in [9.17, 15) is 0 Å². The molecule has 6 heterocycles. The normalized spacial score (nSPS) is 15.0. The molecule has 1 fully saturated rings. The van der Waals surface area contributed by atoms with E-state index in [2.05, 4.69) is 47.7 Å². The van der Waals surface area contributed by atoms with Crippen LogP contribution in [-0.2, 0) is 0 Å². The molecule has 0 amide bonds. The van der Waals surface area contributed by atoms with E-state index >= 15 is 0 Å². The molecule has 4 N–H and O–H groups in total. The Bertz CT molecular complexity index is 1690. The molecule has 5 aromatic heterocycles. The van der Waals surface area contributed by atoms with Crippen molar-refractivity contribution in [3.05, 3.63) is 78.2 Å². The first-order valence-corrected chi connectivity index (χ1v) is 11.7. The molecule has 0 bridgehead atoms. The van der Waals surface area contributed by atoms with Crippen LogP contribution in [0.15, 0.2) is 62.0 Å². The summed E-state index contributed by atoms with van der Waals surface area (Å²) < 4.78 is 0. The highest BCUT2D eigenvalue weighted by Crippen LogP contribution is 2.30. The lowest BCUT2D eigenvalue weighted by Gasteiger charge is -2.37. The van der Waals surface area contributed by atoms with Crippen molar-refractivity contribution >= 4 is 34.4 Å². The molecule has 6 rings (SSSR count). The number of anilines is 1. The molecule has 9 nitrogen and oxygen atoms in total. The molecule has 0 spiro atoms. The molecule has 0 radical (unpaired) electrons. The van der Waals surface area contributed by atoms with E-state index in [0.717, 1.165) is 68.5 Å². The fraction of sp³-hybridized carbons (Fsp3) is 0.148. The number of H-pyrrole nitrogens is 2. The predicted molar refractivity (Wildman–Crippen MR) is 142 cm³/mol. The Balaban J connectivity index is 1.42. The number of hydrogen-bond donors (Lipinski definition) is 3. The van der Waals surface area contributed by atoms with Gasteiger partial charge in [-0.3, -0.25) is 20.1 Å². The summed E-state index contributed by atoms with van der Waals surface area (Å²) in [6.45, 7) is 7.82. The fourth-order valence-electron chi connectivity index (χ4n) is 4.48. The monoisotopic (exact) mass is 475 g/mol. The minimum atomic E-state index is 0.187. The number of nitrogens with zero attached hydrogens (tertiary/aromatic N) is 6. The molecular formula is C27H25N9. The Hall–Kier alpha value is -4.63. The van der Waals surface area contributed by atoms with Crippen molar-refractivity contribution in [3.63, 3.8) is 0 Å². The number of hydrogen-bond acceptors (Lipinski definition) is 7. The van der Waals surface area contributed by atoms with E-state index < -0.39 is 0 Å². The molecule has 0 unspecified atom stereocenters. The summed E-state index contributed by atoms with van der Waals surface area (Å²) in [5, 5.41) is 10.6. The summed E-state index contributed by atoms with van der Waals surface area (Å²) in [5.41, 5.74) is 12.0. The highest BCUT2D eigenvalue weighted by atomic mass is 15.3. The summed E-state index contributed by atoms with van der Waals surface area (Å²) in [4.78, 5) is 23.4. The topological polar surface area (TPSA) is 125 Å². The third kappa shape index (κ3) is 3.85. The van der Waals surface area contributed by atoms with Crippen LogP contribution in [0.1, 0.15) is 12.6 Å². The SMILES string of the molecule is C=C(/C=c1/c(-c2cc3c(-c4cccnc4)cncc3[nH]2)n[nH]/c1=C/C)c1cncc(N2CC(N)C2)n1. The van der Waals surface area contributed by atoms with Crippen molar-refractivity contribution in [2.24, 2.45) is 5.73 Å². The van der Waals surface area contributed by atoms with E-state index in [1.807, 2.05) is 49.8 Å². The van der Waals surface area contributed by atoms with Crippen LogP contribution in [0.4, 0.5) is 5.82 Å². The second-order valence-corrected chi connectivity index (χ2v) is 8.86. The quantitative estimate of drug-likeness (QED) is 0.356. The second kappa shape index (κ2) is 8.86. The third-order valence-electron chi connectivity index (χ3n) is 6.40. The number of aromatic amines is 2. The molecule has 0 saturated carbocycles. The zero-order chi connectivity index (χ0) is 24.6. The van der Waals surface area contributed by atoms with Crippen LogP contribution < -0.4 is 21.2 Å². The lowest BCUT2D eigenvalue weighted by atomic mass is 10.1. The summed E-state index contributed by atoms with van der Waals surface area (Å²) in [5.74, 6) is 0.810.